The van der Waals surface area contributed by atoms with Crippen molar-refractivity contribution in [2.75, 3.05) is 31.7 Å². The summed E-state index contributed by atoms with van der Waals surface area (Å²) in [4.78, 5) is 10.9. The van der Waals surface area contributed by atoms with Crippen molar-refractivity contribution in [3.63, 3.8) is 0 Å². The van der Waals surface area contributed by atoms with Crippen LogP contribution in [-0.2, 0) is 0 Å². The monoisotopic (exact) mass is 381 g/mol. The van der Waals surface area contributed by atoms with E-state index in [1.807, 2.05) is 37.3 Å². The standard InChI is InChI=1S/C22H24FN3O2/c1-15-6-7-19(17(23)12-15)26-10-8-16(9-11-26)14-28-20-5-3-4-18-22(20)25-21(27-2)13-24-18/h3-7,12-13,16H,8-11,14H2,1-2H3. The summed E-state index contributed by atoms with van der Waals surface area (Å²) in [5.74, 6) is 1.48. The third kappa shape index (κ3) is 3.86. The molecule has 2 heterocycles. The van der Waals surface area contributed by atoms with E-state index >= 15 is 0 Å². The predicted octanol–water partition coefficient (Wildman–Crippen LogP) is 4.38. The van der Waals surface area contributed by atoms with Gasteiger partial charge in [0.1, 0.15) is 17.1 Å². The van der Waals surface area contributed by atoms with Gasteiger partial charge in [0.05, 0.1) is 31.1 Å². The summed E-state index contributed by atoms with van der Waals surface area (Å²) in [6.07, 6.45) is 3.53. The number of hydrogen-bond acceptors (Lipinski definition) is 5. The molecule has 146 valence electrons. The van der Waals surface area contributed by atoms with Gasteiger partial charge in [-0.05, 0) is 55.5 Å². The van der Waals surface area contributed by atoms with Crippen molar-refractivity contribution in [1.29, 1.82) is 0 Å². The van der Waals surface area contributed by atoms with Crippen LogP contribution in [0.1, 0.15) is 18.4 Å². The Morgan fingerprint density at radius 3 is 2.75 bits per heavy atom. The van der Waals surface area contributed by atoms with Crippen LogP contribution < -0.4 is 14.4 Å². The first-order chi connectivity index (χ1) is 13.6. The van der Waals surface area contributed by atoms with Crippen LogP contribution in [-0.4, -0.2) is 36.8 Å². The molecule has 0 amide bonds. The van der Waals surface area contributed by atoms with Gasteiger partial charge in [0.25, 0.3) is 0 Å². The highest BCUT2D eigenvalue weighted by Gasteiger charge is 2.22. The minimum Gasteiger partial charge on any atom is -0.491 e. The maximum Gasteiger partial charge on any atom is 0.232 e. The lowest BCUT2D eigenvalue weighted by Gasteiger charge is -2.33. The second kappa shape index (κ2) is 8.00. The van der Waals surface area contributed by atoms with Gasteiger partial charge >= 0.3 is 0 Å². The lowest BCUT2D eigenvalue weighted by Crippen LogP contribution is -2.36. The van der Waals surface area contributed by atoms with Crippen LogP contribution in [0.2, 0.25) is 0 Å². The van der Waals surface area contributed by atoms with Gasteiger partial charge in [0.2, 0.25) is 5.88 Å². The van der Waals surface area contributed by atoms with E-state index in [0.717, 1.165) is 42.8 Å². The predicted molar refractivity (Wildman–Crippen MR) is 108 cm³/mol. The van der Waals surface area contributed by atoms with Crippen molar-refractivity contribution in [3.05, 3.63) is 54.0 Å². The van der Waals surface area contributed by atoms with Crippen molar-refractivity contribution >= 4 is 16.7 Å². The molecule has 2 aromatic carbocycles. The molecule has 0 spiro atoms. The Morgan fingerprint density at radius 2 is 2.00 bits per heavy atom. The molecule has 0 radical (unpaired) electrons. The van der Waals surface area contributed by atoms with E-state index in [-0.39, 0.29) is 5.82 Å². The molecule has 6 heteroatoms. The molecule has 1 saturated heterocycles. The Morgan fingerprint density at radius 1 is 1.18 bits per heavy atom. The Bertz CT molecular complexity index is 971. The number of aromatic nitrogens is 2. The number of nitrogens with zero attached hydrogens (tertiary/aromatic N) is 3. The number of hydrogen-bond donors (Lipinski definition) is 0. The topological polar surface area (TPSA) is 47.5 Å². The van der Waals surface area contributed by atoms with Gasteiger partial charge in [-0.15, -0.1) is 0 Å². The Balaban J connectivity index is 1.39. The largest absolute Gasteiger partial charge is 0.491 e. The van der Waals surface area contributed by atoms with E-state index in [2.05, 4.69) is 14.9 Å². The number of fused-ring (bicyclic) bond motifs is 1. The summed E-state index contributed by atoms with van der Waals surface area (Å²) in [7, 11) is 1.57. The average molecular weight is 381 g/mol. The molecule has 0 aliphatic carbocycles. The molecular weight excluding hydrogens is 357 g/mol. The maximum absolute atomic E-state index is 14.2. The highest BCUT2D eigenvalue weighted by Crippen LogP contribution is 2.28. The van der Waals surface area contributed by atoms with E-state index in [1.54, 1.807) is 19.4 Å². The number of aryl methyl sites for hydroxylation is 1. The summed E-state index contributed by atoms with van der Waals surface area (Å²) in [5.41, 5.74) is 3.13. The molecule has 0 N–H and O–H groups in total. The lowest BCUT2D eigenvalue weighted by atomic mass is 9.97. The molecule has 0 atom stereocenters. The first kappa shape index (κ1) is 18.5. The van der Waals surface area contributed by atoms with Crippen LogP contribution in [0.25, 0.3) is 11.0 Å². The molecule has 1 aliphatic heterocycles. The van der Waals surface area contributed by atoms with Gasteiger partial charge in [-0.1, -0.05) is 12.1 Å². The summed E-state index contributed by atoms with van der Waals surface area (Å²) in [6.45, 7) is 4.18. The number of benzene rings is 2. The van der Waals surface area contributed by atoms with Crippen LogP contribution in [0.3, 0.4) is 0 Å². The van der Waals surface area contributed by atoms with Crippen LogP contribution in [0.15, 0.2) is 42.6 Å². The van der Waals surface area contributed by atoms with Gasteiger partial charge < -0.3 is 14.4 Å². The lowest BCUT2D eigenvalue weighted by molar-refractivity contribution is 0.224. The van der Waals surface area contributed by atoms with E-state index in [0.29, 0.717) is 29.6 Å². The van der Waals surface area contributed by atoms with Crippen LogP contribution >= 0.6 is 0 Å². The Kier molecular flexibility index (Phi) is 5.28. The summed E-state index contributed by atoms with van der Waals surface area (Å²) >= 11 is 0. The number of halogens is 1. The second-order valence-corrected chi connectivity index (χ2v) is 7.23. The molecule has 0 saturated carbocycles. The molecule has 0 bridgehead atoms. The molecule has 28 heavy (non-hydrogen) atoms. The van der Waals surface area contributed by atoms with Gasteiger partial charge in [-0.3, -0.25) is 0 Å². The van der Waals surface area contributed by atoms with Gasteiger partial charge in [0, 0.05) is 13.1 Å². The summed E-state index contributed by atoms with van der Waals surface area (Å²) in [6, 6.07) is 11.2. The molecule has 4 rings (SSSR count). The van der Waals surface area contributed by atoms with Crippen molar-refractivity contribution in [3.8, 4) is 11.6 Å². The number of anilines is 1. The highest BCUT2D eigenvalue weighted by molar-refractivity contribution is 5.81. The molecule has 1 fully saturated rings. The smallest absolute Gasteiger partial charge is 0.232 e. The number of rotatable bonds is 5. The van der Waals surface area contributed by atoms with Crippen LogP contribution in [0.5, 0.6) is 11.6 Å². The minimum atomic E-state index is -0.141. The number of ether oxygens (including phenoxy) is 2. The Hall–Kier alpha value is -2.89. The zero-order chi connectivity index (χ0) is 19.5. The zero-order valence-electron chi connectivity index (χ0n) is 16.2. The van der Waals surface area contributed by atoms with E-state index < -0.39 is 0 Å². The molecule has 1 aliphatic rings. The summed E-state index contributed by atoms with van der Waals surface area (Å²) < 4.78 is 25.5. The average Bonchev–Trinajstić information content (AvgIpc) is 2.72. The highest BCUT2D eigenvalue weighted by atomic mass is 19.1. The number of para-hydroxylation sites is 1. The van der Waals surface area contributed by atoms with Gasteiger partial charge in [-0.2, -0.15) is 0 Å². The fourth-order valence-corrected chi connectivity index (χ4v) is 3.62. The molecule has 5 nitrogen and oxygen atoms in total. The van der Waals surface area contributed by atoms with E-state index in [1.165, 1.54) is 0 Å². The van der Waals surface area contributed by atoms with Crippen molar-refractivity contribution in [2.24, 2.45) is 5.92 Å². The van der Waals surface area contributed by atoms with Crippen molar-refractivity contribution in [2.45, 2.75) is 19.8 Å². The maximum atomic E-state index is 14.2. The Labute approximate surface area is 164 Å². The number of methoxy groups -OCH3 is 1. The first-order valence-electron chi connectivity index (χ1n) is 9.57. The minimum absolute atomic E-state index is 0.141. The fourth-order valence-electron chi connectivity index (χ4n) is 3.62. The molecule has 0 unspecified atom stereocenters. The third-order valence-corrected chi connectivity index (χ3v) is 5.26. The van der Waals surface area contributed by atoms with Gasteiger partial charge in [-0.25, -0.2) is 14.4 Å². The quantitative estimate of drug-likeness (QED) is 0.656. The molecule has 3 aromatic rings. The van der Waals surface area contributed by atoms with Gasteiger partial charge in [0.15, 0.2) is 0 Å². The van der Waals surface area contributed by atoms with E-state index in [4.69, 9.17) is 9.47 Å². The first-order valence-corrected chi connectivity index (χ1v) is 9.57. The SMILES string of the molecule is COc1cnc2cccc(OCC3CCN(c4ccc(C)cc4F)CC3)c2n1. The van der Waals surface area contributed by atoms with Crippen LogP contribution in [0, 0.1) is 18.7 Å². The number of piperidine rings is 1. The zero-order valence-corrected chi connectivity index (χ0v) is 16.2. The van der Waals surface area contributed by atoms with Crippen molar-refractivity contribution in [1.82, 2.24) is 9.97 Å². The molecule has 1 aromatic heterocycles. The summed E-state index contributed by atoms with van der Waals surface area (Å²) in [5, 5.41) is 0. The fraction of sp³-hybridized carbons (Fsp3) is 0.364. The third-order valence-electron chi connectivity index (χ3n) is 5.26. The van der Waals surface area contributed by atoms with Crippen molar-refractivity contribution < 1.29 is 13.9 Å². The normalized spacial score (nSPS) is 15.0. The van der Waals surface area contributed by atoms with E-state index in [9.17, 15) is 4.39 Å². The second-order valence-electron chi connectivity index (χ2n) is 7.23. The van der Waals surface area contributed by atoms with Crippen LogP contribution in [0.4, 0.5) is 10.1 Å². The molecular formula is C22H24FN3O2.